The summed E-state index contributed by atoms with van der Waals surface area (Å²) in [6.07, 6.45) is 5.03. The van der Waals surface area contributed by atoms with Crippen molar-refractivity contribution in [3.05, 3.63) is 69.6 Å². The lowest BCUT2D eigenvalue weighted by atomic mass is 9.89. The van der Waals surface area contributed by atoms with E-state index < -0.39 is 0 Å². The van der Waals surface area contributed by atoms with Crippen LogP contribution in [0.25, 0.3) is 21.6 Å². The normalized spacial score (nSPS) is 11.0. The van der Waals surface area contributed by atoms with Gasteiger partial charge in [-0.3, -0.25) is 4.79 Å². The molecule has 1 aromatic heterocycles. The fourth-order valence-corrected chi connectivity index (χ4v) is 4.63. The molecule has 140 valence electrons. The molecular formula is C25H28OS. The summed E-state index contributed by atoms with van der Waals surface area (Å²) in [6.45, 7) is 8.88. The van der Waals surface area contributed by atoms with Crippen LogP contribution in [-0.4, -0.2) is 6.29 Å². The van der Waals surface area contributed by atoms with Gasteiger partial charge in [-0.15, -0.1) is 11.3 Å². The highest BCUT2D eigenvalue weighted by atomic mass is 32.1. The van der Waals surface area contributed by atoms with E-state index in [1.54, 1.807) is 11.3 Å². The molecule has 0 aliphatic heterocycles. The summed E-state index contributed by atoms with van der Waals surface area (Å²) in [5.41, 5.74) is 9.49. The van der Waals surface area contributed by atoms with Crippen molar-refractivity contribution in [1.82, 2.24) is 0 Å². The molecule has 0 aliphatic carbocycles. The SMILES string of the molecule is CCc1cc(CC)cc(-c2cc(CC)c(-c3ccc(C=O)s3)c(CC)c2)c1. The van der Waals surface area contributed by atoms with Gasteiger partial charge in [-0.1, -0.05) is 58.0 Å². The molecule has 0 saturated carbocycles. The van der Waals surface area contributed by atoms with Gasteiger partial charge in [0.15, 0.2) is 6.29 Å². The number of carbonyl (C=O) groups excluding carboxylic acids is 1. The Morgan fingerprint density at radius 2 is 1.30 bits per heavy atom. The Hall–Kier alpha value is -2.19. The molecule has 0 N–H and O–H groups in total. The van der Waals surface area contributed by atoms with Gasteiger partial charge in [-0.05, 0) is 76.8 Å². The minimum Gasteiger partial charge on any atom is -0.297 e. The number of rotatable bonds is 7. The van der Waals surface area contributed by atoms with Crippen LogP contribution < -0.4 is 0 Å². The third-order valence-electron chi connectivity index (χ3n) is 5.26. The maximum absolute atomic E-state index is 11.1. The standard InChI is InChI=1S/C25H28OS/c1-5-17-11-18(6-2)13-21(12-17)22-14-19(7-3)25(20(8-4)15-22)24-10-9-23(16-26)27-24/h9-16H,5-8H2,1-4H3. The van der Waals surface area contributed by atoms with Crippen molar-refractivity contribution in [2.24, 2.45) is 0 Å². The second kappa shape index (κ2) is 8.67. The average Bonchev–Trinajstić information content (AvgIpc) is 3.20. The molecule has 3 aromatic rings. The van der Waals surface area contributed by atoms with Crippen molar-refractivity contribution < 1.29 is 4.79 Å². The lowest BCUT2D eigenvalue weighted by Gasteiger charge is -2.16. The molecule has 0 aliphatic rings. The van der Waals surface area contributed by atoms with Gasteiger partial charge in [0, 0.05) is 4.88 Å². The van der Waals surface area contributed by atoms with E-state index in [0.29, 0.717) is 0 Å². The van der Waals surface area contributed by atoms with E-state index in [-0.39, 0.29) is 0 Å². The number of benzene rings is 2. The first-order valence-corrected chi connectivity index (χ1v) is 10.8. The molecule has 0 fully saturated rings. The topological polar surface area (TPSA) is 17.1 Å². The second-order valence-corrected chi connectivity index (χ2v) is 8.06. The first-order chi connectivity index (χ1) is 13.1. The summed E-state index contributed by atoms with van der Waals surface area (Å²) in [5.74, 6) is 0. The molecule has 0 atom stereocenters. The third kappa shape index (κ3) is 4.06. The number of aldehydes is 1. The van der Waals surface area contributed by atoms with Crippen LogP contribution in [-0.2, 0) is 25.7 Å². The molecule has 0 bridgehead atoms. The van der Waals surface area contributed by atoms with E-state index in [2.05, 4.69) is 64.1 Å². The van der Waals surface area contributed by atoms with Crippen LogP contribution in [0.4, 0.5) is 0 Å². The summed E-state index contributed by atoms with van der Waals surface area (Å²) >= 11 is 1.59. The summed E-state index contributed by atoms with van der Waals surface area (Å²) in [6, 6.07) is 15.7. The molecule has 0 unspecified atom stereocenters. The Morgan fingerprint density at radius 3 is 1.74 bits per heavy atom. The highest BCUT2D eigenvalue weighted by Crippen LogP contribution is 2.37. The third-order valence-corrected chi connectivity index (χ3v) is 6.28. The van der Waals surface area contributed by atoms with E-state index in [9.17, 15) is 4.79 Å². The molecule has 0 saturated heterocycles. The fourth-order valence-electron chi connectivity index (χ4n) is 3.70. The van der Waals surface area contributed by atoms with Crippen molar-refractivity contribution in [1.29, 1.82) is 0 Å². The molecule has 1 heterocycles. The van der Waals surface area contributed by atoms with Crippen molar-refractivity contribution in [2.45, 2.75) is 53.4 Å². The molecule has 2 aromatic carbocycles. The summed E-state index contributed by atoms with van der Waals surface area (Å²) in [7, 11) is 0. The maximum atomic E-state index is 11.1. The van der Waals surface area contributed by atoms with Crippen LogP contribution in [0.3, 0.4) is 0 Å². The van der Waals surface area contributed by atoms with Gasteiger partial charge >= 0.3 is 0 Å². The summed E-state index contributed by atoms with van der Waals surface area (Å²) in [5, 5.41) is 0. The van der Waals surface area contributed by atoms with Crippen molar-refractivity contribution in [3.8, 4) is 21.6 Å². The van der Waals surface area contributed by atoms with Gasteiger partial charge in [0.2, 0.25) is 0 Å². The molecule has 27 heavy (non-hydrogen) atoms. The Labute approximate surface area is 167 Å². The zero-order valence-corrected chi connectivity index (χ0v) is 17.6. The van der Waals surface area contributed by atoms with E-state index >= 15 is 0 Å². The zero-order chi connectivity index (χ0) is 19.4. The van der Waals surface area contributed by atoms with E-state index in [1.165, 1.54) is 43.8 Å². The van der Waals surface area contributed by atoms with E-state index in [0.717, 1.165) is 36.8 Å². The predicted molar refractivity (Wildman–Crippen MR) is 118 cm³/mol. The van der Waals surface area contributed by atoms with Gasteiger partial charge in [-0.25, -0.2) is 0 Å². The highest BCUT2D eigenvalue weighted by molar-refractivity contribution is 7.17. The van der Waals surface area contributed by atoms with Crippen molar-refractivity contribution in [2.75, 3.05) is 0 Å². The maximum Gasteiger partial charge on any atom is 0.160 e. The molecule has 2 heteroatoms. The van der Waals surface area contributed by atoms with Gasteiger partial charge in [0.25, 0.3) is 0 Å². The lowest BCUT2D eigenvalue weighted by Crippen LogP contribution is -1.96. The predicted octanol–water partition coefficient (Wildman–Crippen LogP) is 7.14. The minimum atomic E-state index is 0.793. The zero-order valence-electron chi connectivity index (χ0n) is 16.8. The summed E-state index contributed by atoms with van der Waals surface area (Å²) in [4.78, 5) is 13.1. The number of hydrogen-bond donors (Lipinski definition) is 0. The van der Waals surface area contributed by atoms with Crippen molar-refractivity contribution in [3.63, 3.8) is 0 Å². The quantitative estimate of drug-likeness (QED) is 0.400. The molecule has 0 spiro atoms. The number of carbonyl (C=O) groups is 1. The van der Waals surface area contributed by atoms with Gasteiger partial charge in [-0.2, -0.15) is 0 Å². The molecule has 3 rings (SSSR count). The molecule has 0 amide bonds. The van der Waals surface area contributed by atoms with Crippen LogP contribution in [0.5, 0.6) is 0 Å². The van der Waals surface area contributed by atoms with Crippen molar-refractivity contribution >= 4 is 17.6 Å². The Kier molecular flexibility index (Phi) is 6.28. The summed E-state index contributed by atoms with van der Waals surface area (Å²) < 4.78 is 0. The van der Waals surface area contributed by atoms with Gasteiger partial charge in [0.1, 0.15) is 0 Å². The van der Waals surface area contributed by atoms with Crippen LogP contribution >= 0.6 is 11.3 Å². The van der Waals surface area contributed by atoms with Crippen LogP contribution in [0.2, 0.25) is 0 Å². The van der Waals surface area contributed by atoms with Crippen LogP contribution in [0.1, 0.15) is 59.6 Å². The van der Waals surface area contributed by atoms with E-state index in [4.69, 9.17) is 0 Å². The number of aryl methyl sites for hydroxylation is 4. The second-order valence-electron chi connectivity index (χ2n) is 6.94. The molecule has 1 nitrogen and oxygen atoms in total. The first-order valence-electron chi connectivity index (χ1n) is 9.97. The lowest BCUT2D eigenvalue weighted by molar-refractivity contribution is 0.112. The first kappa shape index (κ1) is 19.6. The van der Waals surface area contributed by atoms with Crippen LogP contribution in [0.15, 0.2) is 42.5 Å². The average molecular weight is 377 g/mol. The number of thiophene rings is 1. The largest absolute Gasteiger partial charge is 0.297 e. The minimum absolute atomic E-state index is 0.793. The smallest absolute Gasteiger partial charge is 0.160 e. The molecular weight excluding hydrogens is 348 g/mol. The Balaban J connectivity index is 2.18. The monoisotopic (exact) mass is 376 g/mol. The van der Waals surface area contributed by atoms with E-state index in [1.807, 2.05) is 6.07 Å². The van der Waals surface area contributed by atoms with Gasteiger partial charge in [0.05, 0.1) is 4.88 Å². The van der Waals surface area contributed by atoms with Crippen LogP contribution in [0, 0.1) is 0 Å². The van der Waals surface area contributed by atoms with Gasteiger partial charge < -0.3 is 0 Å². The Morgan fingerprint density at radius 1 is 0.741 bits per heavy atom. The number of hydrogen-bond acceptors (Lipinski definition) is 2. The highest BCUT2D eigenvalue weighted by Gasteiger charge is 2.14. The fraction of sp³-hybridized carbons (Fsp3) is 0.320. The molecule has 0 radical (unpaired) electrons. The Bertz CT molecular complexity index is 901.